The smallest absolute Gasteiger partial charge is 0.222 e. The molecule has 0 unspecified atom stereocenters. The Morgan fingerprint density at radius 3 is 2.48 bits per heavy atom. The van der Waals surface area contributed by atoms with Gasteiger partial charge >= 0.3 is 0 Å². The topological polar surface area (TPSA) is 106 Å². The summed E-state index contributed by atoms with van der Waals surface area (Å²) in [5.41, 5.74) is 14.9. The highest BCUT2D eigenvalue weighted by Crippen LogP contribution is 2.42. The van der Waals surface area contributed by atoms with Gasteiger partial charge in [0.25, 0.3) is 0 Å². The standard InChI is InChI=1S/C17H21N7O/c1-23(2)15-13(25-4)8-11(10-6-5-7-20-14(10)15)24(3)12-9-21-17(19)22-16(12)18/h5-9H,1-4H3,(H4,18,19,21,22). The maximum atomic E-state index is 6.02. The van der Waals surface area contributed by atoms with Crippen LogP contribution in [0, 0.1) is 0 Å². The van der Waals surface area contributed by atoms with Crippen molar-refractivity contribution >= 4 is 39.7 Å². The van der Waals surface area contributed by atoms with Crippen molar-refractivity contribution in [3.63, 3.8) is 0 Å². The Morgan fingerprint density at radius 2 is 1.84 bits per heavy atom. The zero-order valence-electron chi connectivity index (χ0n) is 14.7. The second-order valence-corrected chi connectivity index (χ2v) is 5.80. The third kappa shape index (κ3) is 2.82. The summed E-state index contributed by atoms with van der Waals surface area (Å²) in [5, 5.41) is 0.964. The van der Waals surface area contributed by atoms with Crippen LogP contribution < -0.4 is 26.0 Å². The molecule has 0 aliphatic heterocycles. The third-order valence-corrected chi connectivity index (χ3v) is 4.02. The molecule has 0 bridgehead atoms. The molecule has 0 radical (unpaired) electrons. The number of pyridine rings is 1. The van der Waals surface area contributed by atoms with Crippen molar-refractivity contribution in [2.24, 2.45) is 0 Å². The summed E-state index contributed by atoms with van der Waals surface area (Å²) in [6.45, 7) is 0. The van der Waals surface area contributed by atoms with E-state index in [0.717, 1.165) is 22.3 Å². The molecule has 2 aromatic heterocycles. The number of ether oxygens (including phenoxy) is 1. The lowest BCUT2D eigenvalue weighted by molar-refractivity contribution is 0.416. The number of rotatable bonds is 4. The Morgan fingerprint density at radius 1 is 1.08 bits per heavy atom. The molecule has 3 aromatic rings. The minimum atomic E-state index is 0.140. The van der Waals surface area contributed by atoms with Crippen LogP contribution in [0.4, 0.5) is 28.8 Å². The first kappa shape index (κ1) is 16.6. The lowest BCUT2D eigenvalue weighted by atomic mass is 10.1. The van der Waals surface area contributed by atoms with Crippen LogP contribution in [-0.2, 0) is 0 Å². The van der Waals surface area contributed by atoms with E-state index in [4.69, 9.17) is 16.2 Å². The molecule has 0 aliphatic rings. The van der Waals surface area contributed by atoms with Crippen LogP contribution >= 0.6 is 0 Å². The molecule has 3 rings (SSSR count). The van der Waals surface area contributed by atoms with Crippen molar-refractivity contribution in [2.45, 2.75) is 0 Å². The molecule has 0 spiro atoms. The summed E-state index contributed by atoms with van der Waals surface area (Å²) in [5.74, 6) is 1.16. The van der Waals surface area contributed by atoms with Gasteiger partial charge in [0.15, 0.2) is 5.82 Å². The first-order valence-electron chi connectivity index (χ1n) is 7.68. The molecule has 8 heteroatoms. The van der Waals surface area contributed by atoms with Gasteiger partial charge in [0.1, 0.15) is 17.1 Å². The number of hydrogen-bond donors (Lipinski definition) is 2. The summed E-state index contributed by atoms with van der Waals surface area (Å²) in [6, 6.07) is 5.86. The molecule has 0 aliphatic carbocycles. The number of benzene rings is 1. The normalized spacial score (nSPS) is 10.7. The molecular weight excluding hydrogens is 318 g/mol. The number of nitrogens with two attached hydrogens (primary N) is 2. The van der Waals surface area contributed by atoms with E-state index in [2.05, 4.69) is 15.0 Å². The van der Waals surface area contributed by atoms with E-state index >= 15 is 0 Å². The second kappa shape index (κ2) is 6.31. The molecule has 8 nitrogen and oxygen atoms in total. The Balaban J connectivity index is 2.27. The average Bonchev–Trinajstić information content (AvgIpc) is 2.59. The maximum Gasteiger partial charge on any atom is 0.222 e. The van der Waals surface area contributed by atoms with Gasteiger partial charge in [-0.2, -0.15) is 4.98 Å². The van der Waals surface area contributed by atoms with Crippen molar-refractivity contribution in [3.05, 3.63) is 30.6 Å². The fourth-order valence-corrected chi connectivity index (χ4v) is 2.84. The van der Waals surface area contributed by atoms with Gasteiger partial charge in [0.05, 0.1) is 24.5 Å². The number of nitrogen functional groups attached to an aromatic ring is 2. The third-order valence-electron chi connectivity index (χ3n) is 4.02. The fraction of sp³-hybridized carbons (Fsp3) is 0.235. The van der Waals surface area contributed by atoms with Crippen molar-refractivity contribution in [3.8, 4) is 5.75 Å². The van der Waals surface area contributed by atoms with Gasteiger partial charge in [-0.15, -0.1) is 0 Å². The highest BCUT2D eigenvalue weighted by molar-refractivity contribution is 6.04. The number of fused-ring (bicyclic) bond motifs is 1. The number of aromatic nitrogens is 3. The molecular formula is C17H21N7O. The average molecular weight is 339 g/mol. The Labute approximate surface area is 146 Å². The minimum absolute atomic E-state index is 0.140. The molecule has 0 saturated heterocycles. The molecule has 0 amide bonds. The van der Waals surface area contributed by atoms with Gasteiger partial charge in [-0.1, -0.05) is 0 Å². The van der Waals surface area contributed by atoms with Crippen LogP contribution in [0.2, 0.25) is 0 Å². The summed E-state index contributed by atoms with van der Waals surface area (Å²) < 4.78 is 5.60. The Kier molecular flexibility index (Phi) is 4.18. The van der Waals surface area contributed by atoms with E-state index in [1.165, 1.54) is 0 Å². The summed E-state index contributed by atoms with van der Waals surface area (Å²) in [7, 11) is 7.45. The van der Waals surface area contributed by atoms with Gasteiger partial charge < -0.3 is 26.0 Å². The van der Waals surface area contributed by atoms with Crippen LogP contribution in [-0.4, -0.2) is 43.2 Å². The first-order valence-corrected chi connectivity index (χ1v) is 7.68. The number of nitrogens with zero attached hydrogens (tertiary/aromatic N) is 5. The molecule has 1 aromatic carbocycles. The van der Waals surface area contributed by atoms with E-state index in [0.29, 0.717) is 17.3 Å². The van der Waals surface area contributed by atoms with Crippen molar-refractivity contribution in [1.82, 2.24) is 15.0 Å². The molecule has 0 saturated carbocycles. The summed E-state index contributed by atoms with van der Waals surface area (Å²) >= 11 is 0. The molecule has 25 heavy (non-hydrogen) atoms. The minimum Gasteiger partial charge on any atom is -0.494 e. The van der Waals surface area contributed by atoms with Gasteiger partial charge in [-0.25, -0.2) is 4.98 Å². The Hall–Kier alpha value is -3.29. The molecule has 2 heterocycles. The predicted molar refractivity (Wildman–Crippen MR) is 102 cm³/mol. The number of hydrogen-bond acceptors (Lipinski definition) is 8. The molecule has 0 fully saturated rings. The lowest BCUT2D eigenvalue weighted by Crippen LogP contribution is -2.16. The van der Waals surface area contributed by atoms with E-state index < -0.39 is 0 Å². The maximum absolute atomic E-state index is 6.02. The quantitative estimate of drug-likeness (QED) is 0.743. The molecule has 4 N–H and O–H groups in total. The Bertz CT molecular complexity index is 926. The second-order valence-electron chi connectivity index (χ2n) is 5.80. The van der Waals surface area contributed by atoms with E-state index in [1.807, 2.05) is 49.1 Å². The van der Waals surface area contributed by atoms with Gasteiger partial charge in [0, 0.05) is 38.8 Å². The van der Waals surface area contributed by atoms with Crippen LogP contribution in [0.15, 0.2) is 30.6 Å². The van der Waals surface area contributed by atoms with Gasteiger partial charge in [-0.05, 0) is 12.1 Å². The van der Waals surface area contributed by atoms with E-state index in [9.17, 15) is 0 Å². The largest absolute Gasteiger partial charge is 0.494 e. The van der Waals surface area contributed by atoms with Gasteiger partial charge in [0.2, 0.25) is 5.95 Å². The lowest BCUT2D eigenvalue weighted by Gasteiger charge is -2.25. The SMILES string of the molecule is COc1cc(N(C)c2cnc(N)nc2N)c2cccnc2c1N(C)C. The van der Waals surface area contributed by atoms with E-state index in [1.54, 1.807) is 19.5 Å². The molecule has 0 atom stereocenters. The monoisotopic (exact) mass is 339 g/mol. The van der Waals surface area contributed by atoms with Crippen LogP contribution in [0.5, 0.6) is 5.75 Å². The predicted octanol–water partition coefficient (Wildman–Crippen LogP) is 2.03. The highest BCUT2D eigenvalue weighted by Gasteiger charge is 2.19. The van der Waals surface area contributed by atoms with Crippen molar-refractivity contribution in [2.75, 3.05) is 49.5 Å². The zero-order chi connectivity index (χ0) is 18.1. The summed E-state index contributed by atoms with van der Waals surface area (Å²) in [4.78, 5) is 16.5. The van der Waals surface area contributed by atoms with Crippen LogP contribution in [0.1, 0.15) is 0 Å². The summed E-state index contributed by atoms with van der Waals surface area (Å²) in [6.07, 6.45) is 3.37. The van der Waals surface area contributed by atoms with E-state index in [-0.39, 0.29) is 5.95 Å². The fourth-order valence-electron chi connectivity index (χ4n) is 2.84. The number of methoxy groups -OCH3 is 1. The van der Waals surface area contributed by atoms with Crippen molar-refractivity contribution < 1.29 is 4.74 Å². The van der Waals surface area contributed by atoms with Gasteiger partial charge in [-0.3, -0.25) is 4.98 Å². The number of anilines is 5. The van der Waals surface area contributed by atoms with Crippen LogP contribution in [0.25, 0.3) is 10.9 Å². The highest BCUT2D eigenvalue weighted by atomic mass is 16.5. The van der Waals surface area contributed by atoms with Crippen LogP contribution in [0.3, 0.4) is 0 Å². The zero-order valence-corrected chi connectivity index (χ0v) is 14.7. The van der Waals surface area contributed by atoms with Crippen molar-refractivity contribution in [1.29, 1.82) is 0 Å². The first-order chi connectivity index (χ1) is 11.9. The molecule has 130 valence electrons.